The quantitative estimate of drug-likeness (QED) is 0.806. The minimum atomic E-state index is -0.855. The Morgan fingerprint density at radius 1 is 1.26 bits per heavy atom. The number of imide groups is 1. The van der Waals surface area contributed by atoms with Crippen molar-refractivity contribution in [3.63, 3.8) is 0 Å². The zero-order chi connectivity index (χ0) is 13.3. The predicted octanol–water partition coefficient (Wildman–Crippen LogP) is 1.33. The lowest BCUT2D eigenvalue weighted by atomic mass is 9.95. The Balaban J connectivity index is 1.71. The zero-order valence-electron chi connectivity index (χ0n) is 10.5. The fraction of sp³-hybridized carbons (Fsp3) is 0.429. The van der Waals surface area contributed by atoms with E-state index in [0.717, 1.165) is 18.4 Å². The van der Waals surface area contributed by atoms with Crippen molar-refractivity contribution in [2.24, 2.45) is 0 Å². The van der Waals surface area contributed by atoms with Gasteiger partial charge in [-0.15, -0.1) is 0 Å². The van der Waals surface area contributed by atoms with Crippen LogP contribution in [0.1, 0.15) is 24.8 Å². The fourth-order valence-corrected chi connectivity index (χ4v) is 2.88. The molecule has 5 heteroatoms. The second-order valence-electron chi connectivity index (χ2n) is 5.06. The maximum atomic E-state index is 12.0. The number of urea groups is 1. The highest BCUT2D eigenvalue weighted by molar-refractivity contribution is 6.07. The molecule has 0 bridgehead atoms. The first-order valence-electron chi connectivity index (χ1n) is 6.50. The number of carbonyl (C=O) groups is 2. The Labute approximate surface area is 111 Å². The summed E-state index contributed by atoms with van der Waals surface area (Å²) in [6.45, 7) is 0.455. The largest absolute Gasteiger partial charge is 0.371 e. The highest BCUT2D eigenvalue weighted by Crippen LogP contribution is 2.35. The molecule has 1 heterocycles. The molecule has 3 amide bonds. The molecule has 1 aromatic rings. The standard InChI is InChI=1S/C14H16N2O3/c17-12-14(16-13(18)15-12)8-4-7-11(14)19-9-10-5-2-1-3-6-10/h1-3,5-6,11H,4,7-9H2,(H2,15,16,17,18)/t11-,14-/m1/s1. The molecule has 1 aliphatic carbocycles. The van der Waals surface area contributed by atoms with Crippen LogP contribution in [0.4, 0.5) is 4.79 Å². The first-order valence-corrected chi connectivity index (χ1v) is 6.50. The second-order valence-corrected chi connectivity index (χ2v) is 5.06. The molecule has 0 aromatic heterocycles. The van der Waals surface area contributed by atoms with Gasteiger partial charge in [0.2, 0.25) is 0 Å². The van der Waals surface area contributed by atoms with E-state index in [1.165, 1.54) is 0 Å². The molecule has 1 aromatic carbocycles. The first-order chi connectivity index (χ1) is 9.21. The molecular weight excluding hydrogens is 244 g/mol. The van der Waals surface area contributed by atoms with E-state index >= 15 is 0 Å². The molecule has 19 heavy (non-hydrogen) atoms. The van der Waals surface area contributed by atoms with Gasteiger partial charge in [-0.25, -0.2) is 4.79 Å². The van der Waals surface area contributed by atoms with Gasteiger partial charge in [0.1, 0.15) is 5.54 Å². The zero-order valence-corrected chi connectivity index (χ0v) is 10.5. The third-order valence-electron chi connectivity index (χ3n) is 3.85. The molecule has 0 radical (unpaired) electrons. The third kappa shape index (κ3) is 2.10. The highest BCUT2D eigenvalue weighted by Gasteiger charge is 2.55. The van der Waals surface area contributed by atoms with Crippen LogP contribution in [0.3, 0.4) is 0 Å². The minimum absolute atomic E-state index is 0.251. The van der Waals surface area contributed by atoms with Gasteiger partial charge in [0, 0.05) is 0 Å². The van der Waals surface area contributed by atoms with Crippen molar-refractivity contribution < 1.29 is 14.3 Å². The summed E-state index contributed by atoms with van der Waals surface area (Å²) in [5.41, 5.74) is 0.209. The van der Waals surface area contributed by atoms with E-state index in [2.05, 4.69) is 10.6 Å². The lowest BCUT2D eigenvalue weighted by molar-refractivity contribution is -0.129. The number of rotatable bonds is 3. The summed E-state index contributed by atoms with van der Waals surface area (Å²) in [5, 5.41) is 5.05. The summed E-state index contributed by atoms with van der Waals surface area (Å²) < 4.78 is 5.87. The number of hydrogen-bond acceptors (Lipinski definition) is 3. The van der Waals surface area contributed by atoms with E-state index < -0.39 is 11.6 Å². The van der Waals surface area contributed by atoms with Gasteiger partial charge >= 0.3 is 6.03 Å². The lowest BCUT2D eigenvalue weighted by Gasteiger charge is -2.28. The lowest BCUT2D eigenvalue weighted by Crippen LogP contribution is -2.53. The van der Waals surface area contributed by atoms with Gasteiger partial charge in [-0.05, 0) is 24.8 Å². The summed E-state index contributed by atoms with van der Waals surface area (Å²) in [6, 6.07) is 9.40. The van der Waals surface area contributed by atoms with Crippen molar-refractivity contribution in [1.29, 1.82) is 0 Å². The molecule has 2 N–H and O–H groups in total. The topological polar surface area (TPSA) is 67.4 Å². The first kappa shape index (κ1) is 12.2. The van der Waals surface area contributed by atoms with Gasteiger partial charge in [0.05, 0.1) is 12.7 Å². The Hall–Kier alpha value is -1.88. The minimum Gasteiger partial charge on any atom is -0.371 e. The van der Waals surface area contributed by atoms with Gasteiger partial charge in [0.25, 0.3) is 5.91 Å². The number of amides is 3. The molecule has 2 fully saturated rings. The van der Waals surface area contributed by atoms with E-state index in [1.807, 2.05) is 30.3 Å². The van der Waals surface area contributed by atoms with Gasteiger partial charge in [-0.3, -0.25) is 10.1 Å². The molecule has 2 atom stereocenters. The summed E-state index contributed by atoms with van der Waals surface area (Å²) in [6.07, 6.45) is 2.07. The van der Waals surface area contributed by atoms with E-state index in [0.29, 0.717) is 13.0 Å². The van der Waals surface area contributed by atoms with E-state index in [1.54, 1.807) is 0 Å². The number of benzene rings is 1. The smallest absolute Gasteiger partial charge is 0.322 e. The molecule has 1 saturated carbocycles. The molecule has 2 aliphatic rings. The van der Waals surface area contributed by atoms with Gasteiger partial charge in [-0.2, -0.15) is 0 Å². The van der Waals surface area contributed by atoms with E-state index in [-0.39, 0.29) is 12.0 Å². The maximum Gasteiger partial charge on any atom is 0.322 e. The Bertz CT molecular complexity index is 503. The second kappa shape index (κ2) is 4.66. The maximum absolute atomic E-state index is 12.0. The van der Waals surface area contributed by atoms with Crippen molar-refractivity contribution in [3.05, 3.63) is 35.9 Å². The van der Waals surface area contributed by atoms with Crippen LogP contribution in [-0.2, 0) is 16.1 Å². The summed E-state index contributed by atoms with van der Waals surface area (Å²) in [4.78, 5) is 23.3. The van der Waals surface area contributed by atoms with Crippen LogP contribution in [0, 0.1) is 0 Å². The molecule has 1 aliphatic heterocycles. The monoisotopic (exact) mass is 260 g/mol. The average molecular weight is 260 g/mol. The Morgan fingerprint density at radius 3 is 2.74 bits per heavy atom. The van der Waals surface area contributed by atoms with E-state index in [9.17, 15) is 9.59 Å². The van der Waals surface area contributed by atoms with Gasteiger partial charge in [0.15, 0.2) is 0 Å². The summed E-state index contributed by atoms with van der Waals surface area (Å²) in [7, 11) is 0. The van der Waals surface area contributed by atoms with Crippen LogP contribution in [0.15, 0.2) is 30.3 Å². The van der Waals surface area contributed by atoms with Crippen LogP contribution in [0.5, 0.6) is 0 Å². The van der Waals surface area contributed by atoms with Crippen molar-refractivity contribution >= 4 is 11.9 Å². The average Bonchev–Trinajstić information content (AvgIpc) is 2.93. The third-order valence-corrected chi connectivity index (χ3v) is 3.85. The van der Waals surface area contributed by atoms with Crippen molar-refractivity contribution in [2.75, 3.05) is 0 Å². The van der Waals surface area contributed by atoms with Crippen molar-refractivity contribution in [1.82, 2.24) is 10.6 Å². The van der Waals surface area contributed by atoms with Crippen molar-refractivity contribution in [3.8, 4) is 0 Å². The van der Waals surface area contributed by atoms with Crippen molar-refractivity contribution in [2.45, 2.75) is 37.5 Å². The fourth-order valence-electron chi connectivity index (χ4n) is 2.88. The summed E-state index contributed by atoms with van der Waals surface area (Å²) in [5.74, 6) is -0.256. The normalized spacial score (nSPS) is 29.6. The molecule has 1 spiro atoms. The molecule has 1 saturated heterocycles. The Morgan fingerprint density at radius 2 is 2.05 bits per heavy atom. The highest BCUT2D eigenvalue weighted by atomic mass is 16.5. The van der Waals surface area contributed by atoms with E-state index in [4.69, 9.17) is 4.74 Å². The number of ether oxygens (including phenoxy) is 1. The van der Waals surface area contributed by atoms with Crippen LogP contribution in [-0.4, -0.2) is 23.6 Å². The predicted molar refractivity (Wildman–Crippen MR) is 68.3 cm³/mol. The summed E-state index contributed by atoms with van der Waals surface area (Å²) >= 11 is 0. The van der Waals surface area contributed by atoms with Crippen LogP contribution in [0.25, 0.3) is 0 Å². The molecule has 100 valence electrons. The van der Waals surface area contributed by atoms with Crippen LogP contribution < -0.4 is 10.6 Å². The molecule has 3 rings (SSSR count). The molecular formula is C14H16N2O3. The van der Waals surface area contributed by atoms with Crippen LogP contribution >= 0.6 is 0 Å². The molecule has 0 unspecified atom stereocenters. The number of carbonyl (C=O) groups excluding carboxylic acids is 2. The number of nitrogens with one attached hydrogen (secondary N) is 2. The van der Waals surface area contributed by atoms with Crippen LogP contribution in [0.2, 0.25) is 0 Å². The van der Waals surface area contributed by atoms with Gasteiger partial charge < -0.3 is 10.1 Å². The SMILES string of the molecule is O=C1NC(=O)[C@]2(CCC[C@H]2OCc2ccccc2)N1. The Kier molecular flexibility index (Phi) is 2.98. The number of hydrogen-bond donors (Lipinski definition) is 2. The molecule has 5 nitrogen and oxygen atoms in total. The van der Waals surface area contributed by atoms with Gasteiger partial charge in [-0.1, -0.05) is 30.3 Å².